The van der Waals surface area contributed by atoms with Crippen molar-refractivity contribution in [2.24, 2.45) is 0 Å². The summed E-state index contributed by atoms with van der Waals surface area (Å²) in [5.41, 5.74) is 0.170. The highest BCUT2D eigenvalue weighted by Gasteiger charge is 2.18. The number of rotatable bonds is 7. The molecule has 0 unspecified atom stereocenters. The van der Waals surface area contributed by atoms with Gasteiger partial charge in [0.2, 0.25) is 0 Å². The van der Waals surface area contributed by atoms with Crippen LogP contribution in [0.5, 0.6) is 11.5 Å². The fourth-order valence-electron chi connectivity index (χ4n) is 1.74. The van der Waals surface area contributed by atoms with Gasteiger partial charge >= 0.3 is 0 Å². The fourth-order valence-corrected chi connectivity index (χ4v) is 1.74. The van der Waals surface area contributed by atoms with Crippen molar-refractivity contribution in [3.05, 3.63) is 23.8 Å². The van der Waals surface area contributed by atoms with Gasteiger partial charge in [0.1, 0.15) is 6.61 Å². The first-order valence-electron chi connectivity index (χ1n) is 7.47. The van der Waals surface area contributed by atoms with Crippen molar-refractivity contribution in [3.63, 3.8) is 0 Å². The van der Waals surface area contributed by atoms with Crippen LogP contribution in [0.2, 0.25) is 0 Å². The molecule has 0 fully saturated rings. The van der Waals surface area contributed by atoms with Gasteiger partial charge in [-0.25, -0.2) is 0 Å². The molecule has 4 heteroatoms. The van der Waals surface area contributed by atoms with E-state index in [0.29, 0.717) is 18.9 Å². The SMILES string of the molecule is CCOc1cccc(CNC(C)(C)C)c1OCC(C)(C)O. The minimum absolute atomic E-state index is 0.0230. The van der Waals surface area contributed by atoms with E-state index in [0.717, 1.165) is 11.3 Å². The van der Waals surface area contributed by atoms with Crippen LogP contribution in [0, 0.1) is 0 Å². The molecule has 1 aromatic carbocycles. The normalized spacial score (nSPS) is 12.3. The van der Waals surface area contributed by atoms with Crippen molar-refractivity contribution in [2.75, 3.05) is 13.2 Å². The number of hydrogen-bond acceptors (Lipinski definition) is 4. The highest BCUT2D eigenvalue weighted by atomic mass is 16.5. The molecule has 0 atom stereocenters. The molecule has 0 radical (unpaired) electrons. The molecule has 4 nitrogen and oxygen atoms in total. The zero-order valence-corrected chi connectivity index (χ0v) is 14.1. The summed E-state index contributed by atoms with van der Waals surface area (Å²) in [6, 6.07) is 5.87. The Labute approximate surface area is 128 Å². The molecule has 0 aliphatic rings. The number of nitrogens with one attached hydrogen (secondary N) is 1. The summed E-state index contributed by atoms with van der Waals surface area (Å²) in [5, 5.41) is 13.3. The third-order valence-corrected chi connectivity index (χ3v) is 2.74. The summed E-state index contributed by atoms with van der Waals surface area (Å²) in [5.74, 6) is 1.42. The Balaban J connectivity index is 2.96. The zero-order chi connectivity index (χ0) is 16.1. The van der Waals surface area contributed by atoms with E-state index < -0.39 is 5.60 Å². The lowest BCUT2D eigenvalue weighted by atomic mass is 10.1. The van der Waals surface area contributed by atoms with Gasteiger partial charge in [0.25, 0.3) is 0 Å². The second-order valence-electron chi connectivity index (χ2n) is 6.88. The maximum Gasteiger partial charge on any atom is 0.165 e. The molecule has 0 aliphatic heterocycles. The van der Waals surface area contributed by atoms with Gasteiger partial charge in [-0.05, 0) is 47.6 Å². The molecular weight excluding hydrogens is 266 g/mol. The summed E-state index contributed by atoms with van der Waals surface area (Å²) < 4.78 is 11.5. The Bertz CT molecular complexity index is 444. The lowest BCUT2D eigenvalue weighted by molar-refractivity contribution is 0.0270. The van der Waals surface area contributed by atoms with Crippen LogP contribution in [0.3, 0.4) is 0 Å². The van der Waals surface area contributed by atoms with E-state index in [1.807, 2.05) is 25.1 Å². The first kappa shape index (κ1) is 17.8. The van der Waals surface area contributed by atoms with Crippen LogP contribution in [0.4, 0.5) is 0 Å². The number of para-hydroxylation sites is 1. The van der Waals surface area contributed by atoms with Crippen molar-refractivity contribution < 1.29 is 14.6 Å². The molecule has 21 heavy (non-hydrogen) atoms. The zero-order valence-electron chi connectivity index (χ0n) is 14.1. The Morgan fingerprint density at radius 2 is 1.76 bits per heavy atom. The van der Waals surface area contributed by atoms with E-state index in [4.69, 9.17) is 9.47 Å². The molecule has 2 N–H and O–H groups in total. The molecule has 0 amide bonds. The van der Waals surface area contributed by atoms with Crippen LogP contribution in [-0.4, -0.2) is 29.5 Å². The van der Waals surface area contributed by atoms with E-state index in [1.54, 1.807) is 13.8 Å². The summed E-state index contributed by atoms with van der Waals surface area (Å²) >= 11 is 0. The lowest BCUT2D eigenvalue weighted by Gasteiger charge is -2.24. The van der Waals surface area contributed by atoms with Crippen molar-refractivity contribution >= 4 is 0 Å². The van der Waals surface area contributed by atoms with E-state index >= 15 is 0 Å². The Morgan fingerprint density at radius 1 is 1.10 bits per heavy atom. The minimum Gasteiger partial charge on any atom is -0.490 e. The highest BCUT2D eigenvalue weighted by Crippen LogP contribution is 2.32. The quantitative estimate of drug-likeness (QED) is 0.811. The summed E-state index contributed by atoms with van der Waals surface area (Å²) in [4.78, 5) is 0. The second kappa shape index (κ2) is 7.14. The molecular formula is C17H29NO3. The third kappa shape index (κ3) is 6.82. The van der Waals surface area contributed by atoms with Gasteiger partial charge in [-0.15, -0.1) is 0 Å². The van der Waals surface area contributed by atoms with Gasteiger partial charge in [-0.1, -0.05) is 12.1 Å². The topological polar surface area (TPSA) is 50.7 Å². The van der Waals surface area contributed by atoms with Gasteiger partial charge in [0, 0.05) is 17.6 Å². The highest BCUT2D eigenvalue weighted by molar-refractivity contribution is 5.46. The number of hydrogen-bond donors (Lipinski definition) is 2. The van der Waals surface area contributed by atoms with Gasteiger partial charge in [0.05, 0.1) is 12.2 Å². The van der Waals surface area contributed by atoms with E-state index in [9.17, 15) is 5.11 Å². The van der Waals surface area contributed by atoms with Crippen LogP contribution in [-0.2, 0) is 6.54 Å². The first-order valence-corrected chi connectivity index (χ1v) is 7.47. The third-order valence-electron chi connectivity index (χ3n) is 2.74. The van der Waals surface area contributed by atoms with Crippen molar-refractivity contribution in [3.8, 4) is 11.5 Å². The molecule has 0 heterocycles. The average Bonchev–Trinajstić information content (AvgIpc) is 2.33. The lowest BCUT2D eigenvalue weighted by Crippen LogP contribution is -2.35. The number of aliphatic hydroxyl groups is 1. The van der Waals surface area contributed by atoms with E-state index in [1.165, 1.54) is 0 Å². The Hall–Kier alpha value is -1.26. The van der Waals surface area contributed by atoms with Crippen molar-refractivity contribution in [2.45, 2.75) is 59.2 Å². The molecule has 0 aliphatic carbocycles. The van der Waals surface area contributed by atoms with Crippen LogP contribution in [0.15, 0.2) is 18.2 Å². The largest absolute Gasteiger partial charge is 0.490 e. The first-order chi connectivity index (χ1) is 9.62. The number of ether oxygens (including phenoxy) is 2. The van der Waals surface area contributed by atoms with Crippen molar-refractivity contribution in [1.29, 1.82) is 0 Å². The van der Waals surface area contributed by atoms with Crippen LogP contribution < -0.4 is 14.8 Å². The van der Waals surface area contributed by atoms with Gasteiger partial charge in [-0.3, -0.25) is 0 Å². The van der Waals surface area contributed by atoms with E-state index in [-0.39, 0.29) is 12.1 Å². The second-order valence-corrected chi connectivity index (χ2v) is 6.88. The summed E-state index contributed by atoms with van der Waals surface area (Å²) in [6.45, 7) is 13.2. The molecule has 120 valence electrons. The van der Waals surface area contributed by atoms with Crippen molar-refractivity contribution in [1.82, 2.24) is 5.32 Å². The van der Waals surface area contributed by atoms with Gasteiger partial charge in [-0.2, -0.15) is 0 Å². The molecule has 0 saturated heterocycles. The van der Waals surface area contributed by atoms with Gasteiger partial charge in [0.15, 0.2) is 11.5 Å². The average molecular weight is 295 g/mol. The molecule has 0 saturated carbocycles. The van der Waals surface area contributed by atoms with Gasteiger partial charge < -0.3 is 19.9 Å². The maximum atomic E-state index is 9.87. The van der Waals surface area contributed by atoms with Crippen LogP contribution >= 0.6 is 0 Å². The Kier molecular flexibility index (Phi) is 6.05. The Morgan fingerprint density at radius 3 is 2.29 bits per heavy atom. The smallest absolute Gasteiger partial charge is 0.165 e. The minimum atomic E-state index is -0.881. The molecule has 0 bridgehead atoms. The summed E-state index contributed by atoms with van der Waals surface area (Å²) in [7, 11) is 0. The molecule has 1 aromatic rings. The number of benzene rings is 1. The fraction of sp³-hybridized carbons (Fsp3) is 0.647. The molecule has 0 spiro atoms. The summed E-state index contributed by atoms with van der Waals surface area (Å²) in [6.07, 6.45) is 0. The van der Waals surface area contributed by atoms with E-state index in [2.05, 4.69) is 26.1 Å². The molecule has 0 aromatic heterocycles. The standard InChI is InChI=1S/C17H29NO3/c1-7-20-14-10-8-9-13(11-18-16(2,3)4)15(14)21-12-17(5,6)19/h8-10,18-19H,7,11-12H2,1-6H3. The van der Waals surface area contributed by atoms with Crippen LogP contribution in [0.1, 0.15) is 47.1 Å². The monoisotopic (exact) mass is 295 g/mol. The maximum absolute atomic E-state index is 9.87. The predicted molar refractivity (Wildman–Crippen MR) is 86.0 cm³/mol. The van der Waals surface area contributed by atoms with Crippen LogP contribution in [0.25, 0.3) is 0 Å². The predicted octanol–water partition coefficient (Wildman–Crippen LogP) is 3.12. The molecule has 1 rings (SSSR count).